The van der Waals surface area contributed by atoms with Gasteiger partial charge in [-0.15, -0.1) is 11.3 Å². The molecule has 6 heteroatoms. The van der Waals surface area contributed by atoms with E-state index in [1.165, 1.54) is 23.8 Å². The molecule has 4 nitrogen and oxygen atoms in total. The van der Waals surface area contributed by atoms with Crippen LogP contribution in [0.25, 0.3) is 11.3 Å². The number of halogens is 1. The molecular formula is C20H21FN2O2S. The van der Waals surface area contributed by atoms with Crippen molar-refractivity contribution in [2.45, 2.75) is 31.8 Å². The number of nitrogens with zero attached hydrogens (tertiary/aromatic N) is 2. The van der Waals surface area contributed by atoms with Crippen LogP contribution in [0, 0.1) is 17.2 Å². The molecule has 1 saturated heterocycles. The number of aromatic nitrogens is 1. The molecule has 1 aromatic carbocycles. The maximum Gasteiger partial charge on any atom is 0.228 e. The van der Waals surface area contributed by atoms with Crippen molar-refractivity contribution in [2.75, 3.05) is 19.7 Å². The van der Waals surface area contributed by atoms with Gasteiger partial charge in [0.05, 0.1) is 18.8 Å². The van der Waals surface area contributed by atoms with E-state index in [1.807, 2.05) is 16.3 Å². The zero-order valence-corrected chi connectivity index (χ0v) is 15.3. The molecule has 3 aliphatic carbocycles. The van der Waals surface area contributed by atoms with Crippen molar-refractivity contribution in [3.05, 3.63) is 40.5 Å². The monoisotopic (exact) mass is 372 g/mol. The predicted molar refractivity (Wildman–Crippen MR) is 97.2 cm³/mol. The third-order valence-corrected chi connectivity index (χ3v) is 7.08. The minimum atomic E-state index is -0.273. The van der Waals surface area contributed by atoms with E-state index in [0.29, 0.717) is 36.9 Å². The van der Waals surface area contributed by atoms with Crippen LogP contribution in [0.2, 0.25) is 0 Å². The second-order valence-corrected chi connectivity index (χ2v) is 8.64. The lowest BCUT2D eigenvalue weighted by molar-refractivity contribution is -0.154. The van der Waals surface area contributed by atoms with E-state index in [-0.39, 0.29) is 17.3 Å². The van der Waals surface area contributed by atoms with Gasteiger partial charge in [-0.3, -0.25) is 4.79 Å². The van der Waals surface area contributed by atoms with Gasteiger partial charge >= 0.3 is 0 Å². The van der Waals surface area contributed by atoms with Gasteiger partial charge in [0, 0.05) is 22.9 Å². The van der Waals surface area contributed by atoms with Gasteiger partial charge in [0.1, 0.15) is 16.9 Å². The highest BCUT2D eigenvalue weighted by Gasteiger charge is 2.56. The van der Waals surface area contributed by atoms with Gasteiger partial charge in [-0.25, -0.2) is 9.37 Å². The summed E-state index contributed by atoms with van der Waals surface area (Å²) in [6, 6.07) is 6.66. The molecule has 0 N–H and O–H groups in total. The van der Waals surface area contributed by atoms with Crippen LogP contribution < -0.4 is 0 Å². The summed E-state index contributed by atoms with van der Waals surface area (Å²) in [4.78, 5) is 19.6. The Morgan fingerprint density at radius 1 is 1.35 bits per heavy atom. The average Bonchev–Trinajstić information content (AvgIpc) is 3.37. The van der Waals surface area contributed by atoms with Crippen LogP contribution in [0.4, 0.5) is 4.39 Å². The highest BCUT2D eigenvalue weighted by atomic mass is 32.1. The van der Waals surface area contributed by atoms with E-state index < -0.39 is 0 Å². The molecule has 2 heterocycles. The molecule has 136 valence electrons. The number of thiazole rings is 1. The van der Waals surface area contributed by atoms with Gasteiger partial charge in [-0.1, -0.05) is 12.1 Å². The summed E-state index contributed by atoms with van der Waals surface area (Å²) in [5.41, 5.74) is 1.06. The van der Waals surface area contributed by atoms with E-state index in [0.717, 1.165) is 30.2 Å². The summed E-state index contributed by atoms with van der Waals surface area (Å²) in [7, 11) is 0. The van der Waals surface area contributed by atoms with Crippen LogP contribution in [0.1, 0.15) is 36.8 Å². The van der Waals surface area contributed by atoms with E-state index in [2.05, 4.69) is 4.98 Å². The van der Waals surface area contributed by atoms with Crippen molar-refractivity contribution >= 4 is 17.2 Å². The number of amides is 1. The van der Waals surface area contributed by atoms with Crippen molar-refractivity contribution in [3.8, 4) is 11.3 Å². The summed E-state index contributed by atoms with van der Waals surface area (Å²) in [5.74, 6) is 0.814. The number of rotatable bonds is 3. The molecule has 0 unspecified atom stereocenters. The normalized spacial score (nSPS) is 30.3. The lowest BCUT2D eigenvalue weighted by Gasteiger charge is -2.43. The van der Waals surface area contributed by atoms with Crippen LogP contribution >= 0.6 is 11.3 Å². The third kappa shape index (κ3) is 2.58. The SMILES string of the molecule is O=C(N1CCO[C@@H](c2nc(-c3ccccc3F)cs2)C1)C12CCC(C1)C2. The lowest BCUT2D eigenvalue weighted by atomic mass is 9.68. The molecule has 2 aromatic rings. The fourth-order valence-corrected chi connectivity index (χ4v) is 5.62. The first-order valence-electron chi connectivity index (χ1n) is 9.26. The molecule has 3 saturated carbocycles. The fraction of sp³-hybridized carbons (Fsp3) is 0.500. The number of carbonyl (C=O) groups is 1. The first kappa shape index (κ1) is 16.4. The number of benzene rings is 1. The van der Waals surface area contributed by atoms with Gasteiger partial charge in [0.2, 0.25) is 5.91 Å². The standard InChI is InChI=1S/C20H21FN2O2S/c21-15-4-2-1-3-14(15)16-12-26-18(22-16)17-11-23(7-8-25-17)19(24)20-6-5-13(9-20)10-20/h1-4,12-13,17H,5-11H2/t13?,17-,20?/m1/s1. The molecule has 6 rings (SSSR count). The zero-order valence-electron chi connectivity index (χ0n) is 14.5. The van der Waals surface area contributed by atoms with Crippen molar-refractivity contribution in [3.63, 3.8) is 0 Å². The highest BCUT2D eigenvalue weighted by molar-refractivity contribution is 7.10. The Morgan fingerprint density at radius 3 is 2.96 bits per heavy atom. The summed E-state index contributed by atoms with van der Waals surface area (Å²) >= 11 is 1.47. The van der Waals surface area contributed by atoms with Crippen LogP contribution in [0.15, 0.2) is 29.6 Å². The van der Waals surface area contributed by atoms with Gasteiger partial charge in [-0.2, -0.15) is 0 Å². The molecule has 0 radical (unpaired) electrons. The van der Waals surface area contributed by atoms with E-state index in [9.17, 15) is 9.18 Å². The van der Waals surface area contributed by atoms with Crippen molar-refractivity contribution in [1.29, 1.82) is 0 Å². The number of morpholine rings is 1. The summed E-state index contributed by atoms with van der Waals surface area (Å²) in [6.07, 6.45) is 4.18. The van der Waals surface area contributed by atoms with Crippen LogP contribution in [-0.4, -0.2) is 35.5 Å². The second-order valence-electron chi connectivity index (χ2n) is 7.75. The summed E-state index contributed by atoms with van der Waals surface area (Å²) < 4.78 is 19.9. The number of carbonyl (C=O) groups excluding carboxylic acids is 1. The molecule has 1 aromatic heterocycles. The Labute approximate surface area is 156 Å². The van der Waals surface area contributed by atoms with Crippen molar-refractivity contribution < 1.29 is 13.9 Å². The Morgan fingerprint density at radius 2 is 2.19 bits per heavy atom. The van der Waals surface area contributed by atoms with Gasteiger partial charge in [-0.05, 0) is 43.7 Å². The third-order valence-electron chi connectivity index (χ3n) is 6.14. The second kappa shape index (κ2) is 6.13. The van der Waals surface area contributed by atoms with E-state index in [1.54, 1.807) is 12.1 Å². The smallest absolute Gasteiger partial charge is 0.228 e. The molecule has 1 amide bonds. The first-order chi connectivity index (χ1) is 12.6. The molecule has 0 spiro atoms. The maximum absolute atomic E-state index is 14.0. The lowest BCUT2D eigenvalue weighted by Crippen LogP contribution is -2.51. The highest BCUT2D eigenvalue weighted by Crippen LogP contribution is 2.59. The van der Waals surface area contributed by atoms with Crippen LogP contribution in [-0.2, 0) is 9.53 Å². The quantitative estimate of drug-likeness (QED) is 0.817. The van der Waals surface area contributed by atoms with Crippen molar-refractivity contribution in [2.24, 2.45) is 11.3 Å². The molecule has 4 aliphatic rings. The van der Waals surface area contributed by atoms with Gasteiger partial charge < -0.3 is 9.64 Å². The average molecular weight is 372 g/mol. The fourth-order valence-electron chi connectivity index (χ4n) is 4.76. The zero-order chi connectivity index (χ0) is 17.7. The summed E-state index contributed by atoms with van der Waals surface area (Å²) in [5, 5.41) is 2.68. The van der Waals surface area contributed by atoms with Crippen LogP contribution in [0.5, 0.6) is 0 Å². The topological polar surface area (TPSA) is 42.4 Å². The Kier molecular flexibility index (Phi) is 3.87. The molecule has 1 atom stereocenters. The molecular weight excluding hydrogens is 351 g/mol. The first-order valence-corrected chi connectivity index (χ1v) is 10.1. The Balaban J connectivity index is 1.33. The van der Waals surface area contributed by atoms with Gasteiger partial charge in [0.15, 0.2) is 0 Å². The van der Waals surface area contributed by atoms with Crippen LogP contribution in [0.3, 0.4) is 0 Å². The molecule has 1 aliphatic heterocycles. The number of fused-ring (bicyclic) bond motifs is 1. The van der Waals surface area contributed by atoms with Gasteiger partial charge in [0.25, 0.3) is 0 Å². The Bertz CT molecular complexity index is 840. The molecule has 26 heavy (non-hydrogen) atoms. The number of ether oxygens (including phenoxy) is 1. The van der Waals surface area contributed by atoms with E-state index in [4.69, 9.17) is 4.74 Å². The maximum atomic E-state index is 14.0. The predicted octanol–water partition coefficient (Wildman–Crippen LogP) is 4.04. The minimum Gasteiger partial charge on any atom is -0.367 e. The number of hydrogen-bond acceptors (Lipinski definition) is 4. The number of hydrogen-bond donors (Lipinski definition) is 0. The Hall–Kier alpha value is -1.79. The molecule has 4 fully saturated rings. The van der Waals surface area contributed by atoms with Crippen molar-refractivity contribution in [1.82, 2.24) is 9.88 Å². The summed E-state index contributed by atoms with van der Waals surface area (Å²) in [6.45, 7) is 1.74. The van der Waals surface area contributed by atoms with E-state index >= 15 is 0 Å². The largest absolute Gasteiger partial charge is 0.367 e. The minimum absolute atomic E-state index is 0.0756. The molecule has 2 bridgehead atoms.